The van der Waals surface area contributed by atoms with Gasteiger partial charge >= 0.3 is 0 Å². The molecule has 1 rings (SSSR count). The molecule has 1 aromatic rings. The van der Waals surface area contributed by atoms with Crippen LogP contribution in [-0.4, -0.2) is 17.1 Å². The molecular formula is C13H22N2O. The summed E-state index contributed by atoms with van der Waals surface area (Å²) < 4.78 is 5.87. The number of rotatable bonds is 6. The third kappa shape index (κ3) is 3.81. The molecule has 3 heteroatoms. The van der Waals surface area contributed by atoms with Crippen LogP contribution in [0.15, 0.2) is 18.3 Å². The first-order chi connectivity index (χ1) is 7.59. The number of hydrogen-bond acceptors (Lipinski definition) is 3. The van der Waals surface area contributed by atoms with E-state index in [1.54, 1.807) is 6.20 Å². The Morgan fingerprint density at radius 2 is 2.12 bits per heavy atom. The number of nitrogens with one attached hydrogen (secondary N) is 1. The molecule has 0 bridgehead atoms. The second kappa shape index (κ2) is 5.85. The van der Waals surface area contributed by atoms with Gasteiger partial charge in [0.1, 0.15) is 5.82 Å². The van der Waals surface area contributed by atoms with Crippen LogP contribution < -0.4 is 5.32 Å². The van der Waals surface area contributed by atoms with Crippen molar-refractivity contribution in [2.75, 3.05) is 11.9 Å². The van der Waals surface area contributed by atoms with E-state index in [1.807, 2.05) is 6.07 Å². The average molecular weight is 222 g/mol. The van der Waals surface area contributed by atoms with Crippen molar-refractivity contribution in [2.24, 2.45) is 0 Å². The molecule has 0 aliphatic carbocycles. The highest BCUT2D eigenvalue weighted by Gasteiger charge is 2.16. The standard InChI is InChI=1S/C13H22N2O/c1-5-13(3,4)16-10-11-8-7-9-15-12(11)14-6-2/h7-9H,5-6,10H2,1-4H3,(H,14,15). The Morgan fingerprint density at radius 1 is 1.38 bits per heavy atom. The summed E-state index contributed by atoms with van der Waals surface area (Å²) in [6, 6.07) is 4.00. The van der Waals surface area contributed by atoms with Crippen LogP contribution in [0.5, 0.6) is 0 Å². The molecule has 0 aliphatic rings. The normalized spacial score (nSPS) is 11.5. The number of ether oxygens (including phenoxy) is 1. The molecule has 0 amide bonds. The van der Waals surface area contributed by atoms with Gasteiger partial charge in [-0.2, -0.15) is 0 Å². The van der Waals surface area contributed by atoms with Crippen molar-refractivity contribution < 1.29 is 4.74 Å². The topological polar surface area (TPSA) is 34.2 Å². The highest BCUT2D eigenvalue weighted by Crippen LogP contribution is 2.19. The Hall–Kier alpha value is -1.09. The van der Waals surface area contributed by atoms with Crippen molar-refractivity contribution >= 4 is 5.82 Å². The molecule has 0 spiro atoms. The van der Waals surface area contributed by atoms with E-state index < -0.39 is 0 Å². The molecule has 0 aliphatic heterocycles. The smallest absolute Gasteiger partial charge is 0.131 e. The van der Waals surface area contributed by atoms with Crippen LogP contribution >= 0.6 is 0 Å². The molecule has 0 saturated heterocycles. The molecule has 0 fully saturated rings. The fourth-order valence-electron chi connectivity index (χ4n) is 1.26. The highest BCUT2D eigenvalue weighted by molar-refractivity contribution is 5.43. The van der Waals surface area contributed by atoms with Crippen LogP contribution in [0.2, 0.25) is 0 Å². The van der Waals surface area contributed by atoms with Crippen molar-refractivity contribution in [1.29, 1.82) is 0 Å². The van der Waals surface area contributed by atoms with Gasteiger partial charge in [0.25, 0.3) is 0 Å². The molecule has 1 aromatic heterocycles. The molecule has 3 nitrogen and oxygen atoms in total. The first-order valence-corrected chi connectivity index (χ1v) is 5.90. The molecule has 0 aromatic carbocycles. The highest BCUT2D eigenvalue weighted by atomic mass is 16.5. The van der Waals surface area contributed by atoms with Crippen LogP contribution in [0.4, 0.5) is 5.82 Å². The Kier molecular flexibility index (Phi) is 4.74. The molecule has 0 unspecified atom stereocenters. The molecule has 16 heavy (non-hydrogen) atoms. The number of pyridine rings is 1. The van der Waals surface area contributed by atoms with E-state index in [-0.39, 0.29) is 5.60 Å². The van der Waals surface area contributed by atoms with Crippen LogP contribution in [-0.2, 0) is 11.3 Å². The van der Waals surface area contributed by atoms with Crippen molar-refractivity contribution in [3.63, 3.8) is 0 Å². The number of aromatic nitrogens is 1. The number of nitrogens with zero attached hydrogens (tertiary/aromatic N) is 1. The van der Waals surface area contributed by atoms with Gasteiger partial charge in [0.05, 0.1) is 12.2 Å². The van der Waals surface area contributed by atoms with E-state index >= 15 is 0 Å². The Bertz CT molecular complexity index is 323. The van der Waals surface area contributed by atoms with Gasteiger partial charge in [-0.1, -0.05) is 13.0 Å². The summed E-state index contributed by atoms with van der Waals surface area (Å²) in [4.78, 5) is 4.30. The predicted octanol–water partition coefficient (Wildman–Crippen LogP) is 3.22. The van der Waals surface area contributed by atoms with E-state index in [9.17, 15) is 0 Å². The molecule has 1 heterocycles. The zero-order valence-corrected chi connectivity index (χ0v) is 10.7. The lowest BCUT2D eigenvalue weighted by atomic mass is 10.1. The van der Waals surface area contributed by atoms with Crippen LogP contribution in [0.25, 0.3) is 0 Å². The lowest BCUT2D eigenvalue weighted by Gasteiger charge is -2.24. The molecule has 0 atom stereocenters. The molecule has 0 saturated carbocycles. The summed E-state index contributed by atoms with van der Waals surface area (Å²) in [5.41, 5.74) is 1.05. The Labute approximate surface area is 98.2 Å². The van der Waals surface area contributed by atoms with Gasteiger partial charge in [-0.25, -0.2) is 4.98 Å². The first-order valence-electron chi connectivity index (χ1n) is 5.90. The quantitative estimate of drug-likeness (QED) is 0.802. The van der Waals surface area contributed by atoms with Gasteiger partial charge in [0, 0.05) is 18.3 Å². The zero-order valence-electron chi connectivity index (χ0n) is 10.7. The maximum absolute atomic E-state index is 5.87. The summed E-state index contributed by atoms with van der Waals surface area (Å²) in [7, 11) is 0. The second-order valence-corrected chi connectivity index (χ2v) is 4.44. The summed E-state index contributed by atoms with van der Waals surface area (Å²) in [6.07, 6.45) is 2.80. The SMILES string of the molecule is CCNc1ncccc1COC(C)(C)CC. The van der Waals surface area contributed by atoms with E-state index in [4.69, 9.17) is 4.74 Å². The fourth-order valence-corrected chi connectivity index (χ4v) is 1.26. The Balaban J connectivity index is 2.66. The van der Waals surface area contributed by atoms with Gasteiger partial charge in [0.2, 0.25) is 0 Å². The van der Waals surface area contributed by atoms with Crippen LogP contribution in [0.3, 0.4) is 0 Å². The third-order valence-electron chi connectivity index (χ3n) is 2.71. The number of anilines is 1. The van der Waals surface area contributed by atoms with Crippen LogP contribution in [0, 0.1) is 0 Å². The van der Waals surface area contributed by atoms with E-state index in [0.717, 1.165) is 24.3 Å². The summed E-state index contributed by atoms with van der Waals surface area (Å²) in [6.45, 7) is 9.90. The average Bonchev–Trinajstić information content (AvgIpc) is 2.28. The van der Waals surface area contributed by atoms with Crippen LogP contribution in [0.1, 0.15) is 39.7 Å². The maximum atomic E-state index is 5.87. The van der Waals surface area contributed by atoms with Crippen molar-refractivity contribution in [3.05, 3.63) is 23.9 Å². The third-order valence-corrected chi connectivity index (χ3v) is 2.71. The lowest BCUT2D eigenvalue weighted by molar-refractivity contribution is -0.0314. The molecule has 1 N–H and O–H groups in total. The summed E-state index contributed by atoms with van der Waals surface area (Å²) in [5.74, 6) is 0.928. The van der Waals surface area contributed by atoms with Gasteiger partial charge in [0.15, 0.2) is 0 Å². The van der Waals surface area contributed by atoms with Gasteiger partial charge < -0.3 is 10.1 Å². The minimum absolute atomic E-state index is 0.0701. The van der Waals surface area contributed by atoms with E-state index in [1.165, 1.54) is 0 Å². The monoisotopic (exact) mass is 222 g/mol. The second-order valence-electron chi connectivity index (χ2n) is 4.44. The number of hydrogen-bond donors (Lipinski definition) is 1. The predicted molar refractivity (Wildman–Crippen MR) is 67.6 cm³/mol. The van der Waals surface area contributed by atoms with Crippen molar-refractivity contribution in [3.8, 4) is 0 Å². The first kappa shape index (κ1) is 13.0. The largest absolute Gasteiger partial charge is 0.371 e. The fraction of sp³-hybridized carbons (Fsp3) is 0.615. The molecule has 0 radical (unpaired) electrons. The molecule has 90 valence electrons. The molecular weight excluding hydrogens is 200 g/mol. The summed E-state index contributed by atoms with van der Waals surface area (Å²) in [5, 5.41) is 3.24. The van der Waals surface area contributed by atoms with Crippen molar-refractivity contribution in [2.45, 2.75) is 46.3 Å². The van der Waals surface area contributed by atoms with Gasteiger partial charge in [-0.3, -0.25) is 0 Å². The minimum atomic E-state index is -0.0701. The maximum Gasteiger partial charge on any atom is 0.131 e. The Morgan fingerprint density at radius 3 is 2.75 bits per heavy atom. The van der Waals surface area contributed by atoms with Crippen molar-refractivity contribution in [1.82, 2.24) is 4.98 Å². The lowest BCUT2D eigenvalue weighted by Crippen LogP contribution is -2.23. The van der Waals surface area contributed by atoms with Gasteiger partial charge in [-0.15, -0.1) is 0 Å². The zero-order chi connectivity index (χ0) is 12.0. The van der Waals surface area contributed by atoms with Gasteiger partial charge in [-0.05, 0) is 33.3 Å². The summed E-state index contributed by atoms with van der Waals surface area (Å²) >= 11 is 0. The van der Waals surface area contributed by atoms with E-state index in [2.05, 4.69) is 44.1 Å². The minimum Gasteiger partial charge on any atom is -0.371 e. The van der Waals surface area contributed by atoms with E-state index in [0.29, 0.717) is 6.61 Å².